The molecular weight excluding hydrogens is 1240 g/mol. The molecule has 2 saturated heterocycles. The van der Waals surface area contributed by atoms with Crippen molar-refractivity contribution in [2.24, 2.45) is 0 Å². The van der Waals surface area contributed by atoms with Crippen molar-refractivity contribution in [1.82, 2.24) is 91.4 Å². The smallest absolute Gasteiger partial charge is 0.270 e. The minimum Gasteiger partial charge on any atom is -0.415 e. The van der Waals surface area contributed by atoms with E-state index in [1.54, 1.807) is 43.2 Å². The summed E-state index contributed by atoms with van der Waals surface area (Å²) in [5, 5.41) is 63.7. The minimum absolute atomic E-state index is 0. The zero-order valence-corrected chi connectivity index (χ0v) is 55.7. The first kappa shape index (κ1) is 65.6. The van der Waals surface area contributed by atoms with E-state index in [1.165, 1.54) is 28.7 Å². The highest BCUT2D eigenvalue weighted by Gasteiger charge is 2.28. The molecule has 99 heavy (non-hydrogen) atoms. The predicted octanol–water partition coefficient (Wildman–Crippen LogP) is 13.6. The van der Waals surface area contributed by atoms with Crippen molar-refractivity contribution in [2.75, 3.05) is 25.4 Å². The summed E-state index contributed by atoms with van der Waals surface area (Å²) in [6.45, 7) is 19.5. The van der Waals surface area contributed by atoms with E-state index >= 15 is 0 Å². The molecule has 0 amide bonds. The standard InChI is InChI=1S/C26H25N7O.C25H23N7O.C23H20N8O.6H2/c1-16-23(31-21(14-30-16)19-10-12-29-22(13-19)26(2,3)15-27)25-33-32-24(34-25)18-8-6-17(7-9-18)20-5-4-11-28-20;1-15-22(30-20(13-29-15)18-8-9-28-21(10-18)25(2,3)14-26)24-32-31-23(33-24)17-6-4-16(5-7-17)19-11-27-12-19;1-23(2,12-24)18-8-13(5-6-27-18)17-11-28-20(25)19(29-17)22-31-30-21(32-22)14-3-4-15-9-26-10-16(15)7-14;;;;;;/h6-10,12-14,20,28H,4-5,11H2,1-3H3;4-10,13,19,27H,11-12H2,1-3H3;3-8,11,26H,9-10H2,1-2H3,(H2,25,28);6*1H. The second-order valence-electron chi connectivity index (χ2n) is 25.9. The highest BCUT2D eigenvalue weighted by atomic mass is 16.4. The Bertz CT molecular complexity index is 5120. The summed E-state index contributed by atoms with van der Waals surface area (Å²) in [6.07, 6.45) is 12.3. The van der Waals surface area contributed by atoms with Crippen molar-refractivity contribution >= 4 is 5.82 Å². The molecule has 2 fully saturated rings. The molecule has 0 saturated carbocycles. The Hall–Kier alpha value is -12.1. The summed E-state index contributed by atoms with van der Waals surface area (Å²) < 4.78 is 17.9. The van der Waals surface area contributed by atoms with Crippen molar-refractivity contribution in [3.8, 4) is 121 Å². The molecule has 0 aliphatic carbocycles. The molecule has 12 heterocycles. The van der Waals surface area contributed by atoms with Crippen LogP contribution in [-0.4, -0.2) is 95.1 Å². The van der Waals surface area contributed by atoms with Gasteiger partial charge in [0.2, 0.25) is 17.7 Å². The number of benzene rings is 3. The topological polar surface area (TPSA) is 366 Å². The number of hydrogen-bond acceptors (Lipinski definition) is 25. The van der Waals surface area contributed by atoms with Crippen LogP contribution < -0.4 is 21.7 Å². The molecule has 25 nitrogen and oxygen atoms in total. The van der Waals surface area contributed by atoms with Crippen molar-refractivity contribution in [3.05, 3.63) is 191 Å². The number of aromatic nitrogens is 15. The van der Waals surface area contributed by atoms with Gasteiger partial charge in [-0.05, 0) is 170 Å². The van der Waals surface area contributed by atoms with E-state index in [1.807, 2.05) is 122 Å². The molecule has 9 aromatic heterocycles. The minimum atomic E-state index is -0.729. The lowest BCUT2D eigenvalue weighted by atomic mass is 9.90. The predicted molar refractivity (Wildman–Crippen MR) is 381 cm³/mol. The third kappa shape index (κ3) is 14.1. The normalized spacial score (nSPS) is 14.3. The summed E-state index contributed by atoms with van der Waals surface area (Å²) in [5.41, 5.74) is 20.6. The van der Waals surface area contributed by atoms with Gasteiger partial charge in [-0.3, -0.25) is 24.9 Å². The van der Waals surface area contributed by atoms with Crippen LogP contribution in [0.3, 0.4) is 0 Å². The fourth-order valence-corrected chi connectivity index (χ4v) is 11.2. The van der Waals surface area contributed by atoms with Crippen molar-refractivity contribution in [3.63, 3.8) is 0 Å². The van der Waals surface area contributed by atoms with Crippen LogP contribution in [0.1, 0.15) is 126 Å². The number of pyridine rings is 3. The molecule has 15 rings (SSSR count). The molecule has 3 aliphatic heterocycles. The van der Waals surface area contributed by atoms with Crippen LogP contribution >= 0.6 is 0 Å². The van der Waals surface area contributed by atoms with Crippen LogP contribution in [-0.2, 0) is 29.3 Å². The van der Waals surface area contributed by atoms with Gasteiger partial charge in [0.15, 0.2) is 11.5 Å². The van der Waals surface area contributed by atoms with Crippen LogP contribution in [0.5, 0.6) is 0 Å². The van der Waals surface area contributed by atoms with Gasteiger partial charge in [0.1, 0.15) is 11.4 Å². The lowest BCUT2D eigenvalue weighted by Gasteiger charge is -2.27. The lowest BCUT2D eigenvalue weighted by molar-refractivity contribution is 0.448. The Morgan fingerprint density at radius 1 is 0.455 bits per heavy atom. The van der Waals surface area contributed by atoms with E-state index in [2.05, 4.69) is 130 Å². The number of fused-ring (bicyclic) bond motifs is 1. The van der Waals surface area contributed by atoms with E-state index in [0.29, 0.717) is 104 Å². The number of rotatable bonds is 14. The number of nitriles is 3. The van der Waals surface area contributed by atoms with Crippen LogP contribution in [0.15, 0.2) is 154 Å². The van der Waals surface area contributed by atoms with Crippen LogP contribution in [0.2, 0.25) is 0 Å². The molecule has 0 bridgehead atoms. The average Bonchev–Trinajstić information content (AvgIpc) is 1.53. The molecule has 3 aromatic carbocycles. The number of anilines is 1. The van der Waals surface area contributed by atoms with E-state index < -0.39 is 16.2 Å². The first-order chi connectivity index (χ1) is 47.8. The third-order valence-corrected chi connectivity index (χ3v) is 17.6. The fraction of sp³-hybridized carbons (Fsp3) is 0.270. The summed E-state index contributed by atoms with van der Waals surface area (Å²) in [5.74, 6) is 2.86. The van der Waals surface area contributed by atoms with Crippen LogP contribution in [0, 0.1) is 47.8 Å². The Kier molecular flexibility index (Phi) is 18.3. The molecule has 3 aliphatic rings. The molecule has 1 atom stereocenters. The van der Waals surface area contributed by atoms with Crippen molar-refractivity contribution in [2.45, 2.75) is 110 Å². The van der Waals surface area contributed by atoms with Crippen LogP contribution in [0.25, 0.3) is 103 Å². The maximum atomic E-state index is 9.46. The highest BCUT2D eigenvalue weighted by molar-refractivity contribution is 5.70. The SMILES string of the molecule is CC(C)(C#N)c1cc(-c2cnc(N)c(-c3nnc(-c4ccc5c(c4)CNC5)o3)n2)ccn1.Cc1ncc(-c2ccnc(C(C)(C)C#N)c2)nc1-c1nnc(-c2ccc(C3CCCN3)cc2)o1.Cc1ncc(-c2ccnc(C(C)(C)C#N)c2)nc1-c1nnc(-c2ccc(C3CNC3)cc2)o1.[HH].[HH].[HH].[HH].[HH].[HH]. The summed E-state index contributed by atoms with van der Waals surface area (Å²) in [7, 11) is 0. The second-order valence-corrected chi connectivity index (χ2v) is 25.9. The molecular formula is C74H80N22O3. The second kappa shape index (κ2) is 27.6. The Morgan fingerprint density at radius 3 is 1.31 bits per heavy atom. The van der Waals surface area contributed by atoms with E-state index in [0.717, 1.165) is 72.5 Å². The van der Waals surface area contributed by atoms with Gasteiger partial charge in [-0.1, -0.05) is 30.3 Å². The quantitative estimate of drug-likeness (QED) is 0.0785. The van der Waals surface area contributed by atoms with Gasteiger partial charge in [-0.2, -0.15) is 15.8 Å². The van der Waals surface area contributed by atoms with Gasteiger partial charge in [0, 0.05) is 98.7 Å². The van der Waals surface area contributed by atoms with Gasteiger partial charge >= 0.3 is 0 Å². The van der Waals surface area contributed by atoms with Gasteiger partial charge in [0.05, 0.1) is 98.6 Å². The Balaban J connectivity index is 0.000000214. The molecule has 504 valence electrons. The third-order valence-electron chi connectivity index (χ3n) is 17.6. The largest absolute Gasteiger partial charge is 0.415 e. The maximum absolute atomic E-state index is 9.46. The number of nitrogens with zero attached hydrogens (tertiary/aromatic N) is 18. The summed E-state index contributed by atoms with van der Waals surface area (Å²) in [6, 6.07) is 40.9. The maximum Gasteiger partial charge on any atom is 0.270 e. The van der Waals surface area contributed by atoms with Gasteiger partial charge in [-0.15, -0.1) is 30.6 Å². The van der Waals surface area contributed by atoms with Gasteiger partial charge in [-0.25, -0.2) is 19.9 Å². The van der Waals surface area contributed by atoms with Gasteiger partial charge < -0.3 is 34.9 Å². The van der Waals surface area contributed by atoms with E-state index in [9.17, 15) is 15.8 Å². The average molecular weight is 1330 g/mol. The number of nitrogen functional groups attached to an aromatic ring is 1. The lowest BCUT2D eigenvalue weighted by Crippen LogP contribution is -2.39. The number of hydrogen-bond donors (Lipinski definition) is 4. The van der Waals surface area contributed by atoms with Crippen LogP contribution in [0.4, 0.5) is 5.82 Å². The van der Waals surface area contributed by atoms with E-state index in [-0.39, 0.29) is 20.3 Å². The van der Waals surface area contributed by atoms with Crippen molar-refractivity contribution < 1.29 is 21.8 Å². The first-order valence-electron chi connectivity index (χ1n) is 32.3. The zero-order chi connectivity index (χ0) is 69.0. The van der Waals surface area contributed by atoms with Gasteiger partial charge in [0.25, 0.3) is 17.7 Å². The number of nitrogens with two attached hydrogens (primary N) is 1. The molecule has 12 aromatic rings. The van der Waals surface area contributed by atoms with Crippen molar-refractivity contribution in [1.29, 1.82) is 15.8 Å². The Labute approximate surface area is 579 Å². The Morgan fingerprint density at radius 2 is 0.869 bits per heavy atom. The fourth-order valence-electron chi connectivity index (χ4n) is 11.2. The summed E-state index contributed by atoms with van der Waals surface area (Å²) >= 11 is 0. The first-order valence-corrected chi connectivity index (χ1v) is 32.3. The number of aryl methyl sites for hydroxylation is 2. The molecule has 0 spiro atoms. The molecule has 0 radical (unpaired) electrons. The monoisotopic (exact) mass is 1320 g/mol. The number of nitrogens with one attached hydrogen (secondary N) is 3. The molecule has 1 unspecified atom stereocenters. The molecule has 5 N–H and O–H groups in total. The zero-order valence-electron chi connectivity index (χ0n) is 55.7. The highest BCUT2D eigenvalue weighted by Crippen LogP contribution is 2.35. The molecule has 25 heteroatoms. The summed E-state index contributed by atoms with van der Waals surface area (Å²) in [4.78, 5) is 40.4. The van der Waals surface area contributed by atoms with E-state index in [4.69, 9.17) is 29.0 Å².